The number of hydrogen-bond donors (Lipinski definition) is 1. The van der Waals surface area contributed by atoms with Crippen LogP contribution in [0.3, 0.4) is 0 Å². The highest BCUT2D eigenvalue weighted by molar-refractivity contribution is 5.79. The second kappa shape index (κ2) is 6.41. The molecule has 0 aromatic heterocycles. The number of carbonyl (C=O) groups is 1. The Morgan fingerprint density at radius 1 is 1.14 bits per heavy atom. The molecule has 1 saturated heterocycles. The van der Waals surface area contributed by atoms with E-state index in [0.29, 0.717) is 12.5 Å². The van der Waals surface area contributed by atoms with E-state index in [-0.39, 0.29) is 17.0 Å². The predicted molar refractivity (Wildman–Crippen MR) is 91.8 cm³/mol. The molecule has 0 atom stereocenters. The second-order valence-electron chi connectivity index (χ2n) is 7.80. The van der Waals surface area contributed by atoms with Gasteiger partial charge in [-0.2, -0.15) is 0 Å². The van der Waals surface area contributed by atoms with Crippen LogP contribution in [0.4, 0.5) is 0 Å². The van der Waals surface area contributed by atoms with Crippen molar-refractivity contribution in [3.63, 3.8) is 0 Å². The Balaban J connectivity index is 2.11. The van der Waals surface area contributed by atoms with E-state index in [4.69, 9.17) is 0 Å². The SMILES string of the molecule is CCN(C(=O)Cc1ccccc1)C1CC(C)(C)NC(C)(C)C1. The maximum absolute atomic E-state index is 12.8. The van der Waals surface area contributed by atoms with Crippen LogP contribution in [-0.4, -0.2) is 34.5 Å². The average Bonchev–Trinajstić information content (AvgIpc) is 2.36. The molecule has 1 N–H and O–H groups in total. The minimum absolute atomic E-state index is 0.0624. The Hall–Kier alpha value is -1.35. The Labute approximate surface area is 135 Å². The van der Waals surface area contributed by atoms with Crippen LogP contribution in [0.2, 0.25) is 0 Å². The highest BCUT2D eigenvalue weighted by Gasteiger charge is 2.40. The lowest BCUT2D eigenvalue weighted by Gasteiger charge is -2.49. The molecule has 0 bridgehead atoms. The topological polar surface area (TPSA) is 32.3 Å². The van der Waals surface area contributed by atoms with E-state index in [2.05, 4.69) is 44.8 Å². The lowest BCUT2D eigenvalue weighted by molar-refractivity contribution is -0.134. The highest BCUT2D eigenvalue weighted by atomic mass is 16.2. The van der Waals surface area contributed by atoms with Crippen LogP contribution < -0.4 is 5.32 Å². The van der Waals surface area contributed by atoms with E-state index in [1.807, 2.05) is 30.3 Å². The van der Waals surface area contributed by atoms with Gasteiger partial charge in [0.1, 0.15) is 0 Å². The van der Waals surface area contributed by atoms with Crippen LogP contribution in [0.25, 0.3) is 0 Å². The van der Waals surface area contributed by atoms with Crippen LogP contribution in [0.15, 0.2) is 30.3 Å². The van der Waals surface area contributed by atoms with Crippen molar-refractivity contribution in [2.45, 2.75) is 71.0 Å². The smallest absolute Gasteiger partial charge is 0.227 e. The molecule has 0 aliphatic carbocycles. The van der Waals surface area contributed by atoms with Crippen LogP contribution in [0.5, 0.6) is 0 Å². The Bertz CT molecular complexity index is 491. The predicted octanol–water partition coefficient (Wildman–Crippen LogP) is 3.39. The first-order valence-electron chi connectivity index (χ1n) is 8.35. The lowest BCUT2D eigenvalue weighted by Crippen LogP contribution is -2.62. The van der Waals surface area contributed by atoms with Crippen molar-refractivity contribution in [2.24, 2.45) is 0 Å². The van der Waals surface area contributed by atoms with Gasteiger partial charge < -0.3 is 10.2 Å². The van der Waals surface area contributed by atoms with Gasteiger partial charge in [0, 0.05) is 23.7 Å². The molecular formula is C19H30N2O. The molecule has 2 rings (SSSR count). The van der Waals surface area contributed by atoms with Gasteiger partial charge in [-0.15, -0.1) is 0 Å². The van der Waals surface area contributed by atoms with Crippen molar-refractivity contribution in [3.8, 4) is 0 Å². The maximum Gasteiger partial charge on any atom is 0.227 e. The number of rotatable bonds is 4. The molecule has 3 nitrogen and oxygen atoms in total. The molecule has 1 aromatic carbocycles. The largest absolute Gasteiger partial charge is 0.340 e. The summed E-state index contributed by atoms with van der Waals surface area (Å²) in [7, 11) is 0. The van der Waals surface area contributed by atoms with Gasteiger partial charge in [0.2, 0.25) is 5.91 Å². The minimum Gasteiger partial charge on any atom is -0.340 e. The van der Waals surface area contributed by atoms with Crippen molar-refractivity contribution >= 4 is 5.91 Å². The van der Waals surface area contributed by atoms with Crippen molar-refractivity contribution in [2.75, 3.05) is 6.54 Å². The van der Waals surface area contributed by atoms with Gasteiger partial charge in [-0.05, 0) is 53.0 Å². The maximum atomic E-state index is 12.8. The molecule has 0 spiro atoms. The van der Waals surface area contributed by atoms with Crippen LogP contribution in [0, 0.1) is 0 Å². The second-order valence-corrected chi connectivity index (χ2v) is 7.80. The number of hydrogen-bond acceptors (Lipinski definition) is 2. The number of nitrogens with zero attached hydrogens (tertiary/aromatic N) is 1. The summed E-state index contributed by atoms with van der Waals surface area (Å²) in [4.78, 5) is 14.9. The Kier molecular flexibility index (Phi) is 4.96. The molecule has 1 aliphatic heterocycles. The summed E-state index contributed by atoms with van der Waals surface area (Å²) in [5, 5.41) is 3.69. The van der Waals surface area contributed by atoms with Crippen LogP contribution in [-0.2, 0) is 11.2 Å². The third-order valence-electron chi connectivity index (χ3n) is 4.47. The first kappa shape index (κ1) is 17.0. The number of likely N-dealkylation sites (N-methyl/N-ethyl adjacent to an activating group) is 1. The van der Waals surface area contributed by atoms with Gasteiger partial charge in [-0.1, -0.05) is 30.3 Å². The molecular weight excluding hydrogens is 272 g/mol. The van der Waals surface area contributed by atoms with Gasteiger partial charge in [0.05, 0.1) is 6.42 Å². The number of amides is 1. The molecule has 1 aromatic rings. The molecule has 1 fully saturated rings. The number of nitrogens with one attached hydrogen (secondary N) is 1. The van der Waals surface area contributed by atoms with Gasteiger partial charge in [0.25, 0.3) is 0 Å². The highest BCUT2D eigenvalue weighted by Crippen LogP contribution is 2.31. The molecule has 0 radical (unpaired) electrons. The molecule has 0 unspecified atom stereocenters. The summed E-state index contributed by atoms with van der Waals surface area (Å²) in [5.41, 5.74) is 1.22. The summed E-state index contributed by atoms with van der Waals surface area (Å²) in [6.45, 7) is 11.8. The summed E-state index contributed by atoms with van der Waals surface area (Å²) in [5.74, 6) is 0.243. The summed E-state index contributed by atoms with van der Waals surface area (Å²) in [6, 6.07) is 10.4. The van der Waals surface area contributed by atoms with E-state index in [1.165, 1.54) is 0 Å². The number of carbonyl (C=O) groups excluding carboxylic acids is 1. The third kappa shape index (κ3) is 4.33. The molecule has 1 amide bonds. The van der Waals surface area contributed by atoms with E-state index >= 15 is 0 Å². The van der Waals surface area contributed by atoms with Crippen molar-refractivity contribution < 1.29 is 4.79 Å². The molecule has 3 heteroatoms. The molecule has 0 saturated carbocycles. The standard InChI is InChI=1S/C19H30N2O/c1-6-21(17(22)12-15-10-8-7-9-11-15)16-13-18(2,3)20-19(4,5)14-16/h7-11,16,20H,6,12-14H2,1-5H3. The molecule has 1 heterocycles. The van der Waals surface area contributed by atoms with E-state index < -0.39 is 0 Å². The lowest BCUT2D eigenvalue weighted by atomic mass is 9.79. The van der Waals surface area contributed by atoms with Crippen molar-refractivity contribution in [3.05, 3.63) is 35.9 Å². The summed E-state index contributed by atoms with van der Waals surface area (Å²) < 4.78 is 0. The van der Waals surface area contributed by atoms with Crippen LogP contribution >= 0.6 is 0 Å². The summed E-state index contributed by atoms with van der Waals surface area (Å²) >= 11 is 0. The molecule has 22 heavy (non-hydrogen) atoms. The van der Waals surface area contributed by atoms with Gasteiger partial charge in [-0.25, -0.2) is 0 Å². The fraction of sp³-hybridized carbons (Fsp3) is 0.632. The minimum atomic E-state index is 0.0624. The van der Waals surface area contributed by atoms with E-state index in [0.717, 1.165) is 24.9 Å². The zero-order valence-corrected chi connectivity index (χ0v) is 14.6. The van der Waals surface area contributed by atoms with Crippen molar-refractivity contribution in [1.82, 2.24) is 10.2 Å². The molecule has 122 valence electrons. The van der Waals surface area contributed by atoms with Gasteiger partial charge in [0.15, 0.2) is 0 Å². The Morgan fingerprint density at radius 3 is 2.18 bits per heavy atom. The van der Waals surface area contributed by atoms with Gasteiger partial charge in [-0.3, -0.25) is 4.79 Å². The fourth-order valence-corrected chi connectivity index (χ4v) is 4.00. The monoisotopic (exact) mass is 302 g/mol. The zero-order valence-electron chi connectivity index (χ0n) is 14.6. The first-order chi connectivity index (χ1) is 10.2. The number of benzene rings is 1. The quantitative estimate of drug-likeness (QED) is 0.924. The normalized spacial score (nSPS) is 20.6. The first-order valence-corrected chi connectivity index (χ1v) is 8.35. The van der Waals surface area contributed by atoms with Crippen LogP contribution in [0.1, 0.15) is 53.0 Å². The third-order valence-corrected chi connectivity index (χ3v) is 4.47. The average molecular weight is 302 g/mol. The Morgan fingerprint density at radius 2 is 1.68 bits per heavy atom. The zero-order chi connectivity index (χ0) is 16.4. The van der Waals surface area contributed by atoms with E-state index in [9.17, 15) is 4.79 Å². The molecule has 1 aliphatic rings. The number of piperidine rings is 1. The summed E-state index contributed by atoms with van der Waals surface area (Å²) in [6.07, 6.45) is 2.51. The van der Waals surface area contributed by atoms with Crippen molar-refractivity contribution in [1.29, 1.82) is 0 Å². The fourth-order valence-electron chi connectivity index (χ4n) is 4.00. The van der Waals surface area contributed by atoms with E-state index in [1.54, 1.807) is 0 Å². The van der Waals surface area contributed by atoms with Gasteiger partial charge >= 0.3 is 0 Å².